The third kappa shape index (κ3) is 5.54. The van der Waals surface area contributed by atoms with Crippen molar-refractivity contribution in [2.24, 2.45) is 0 Å². The van der Waals surface area contributed by atoms with Gasteiger partial charge >= 0.3 is 7.60 Å². The van der Waals surface area contributed by atoms with Crippen LogP contribution in [0.1, 0.15) is 6.42 Å². The Morgan fingerprint density at radius 3 is 2.60 bits per heavy atom. The van der Waals surface area contributed by atoms with Gasteiger partial charge in [0.25, 0.3) is 0 Å². The highest BCUT2D eigenvalue weighted by atomic mass is 127. The monoisotopic (exact) mass is 340 g/mol. The van der Waals surface area contributed by atoms with E-state index in [0.29, 0.717) is 12.4 Å². The summed E-state index contributed by atoms with van der Waals surface area (Å²) in [7, 11) is -2.95. The zero-order chi connectivity index (χ0) is 11.1. The van der Waals surface area contributed by atoms with Crippen molar-refractivity contribution >= 4 is 30.2 Å². The van der Waals surface area contributed by atoms with E-state index in [9.17, 15) is 4.57 Å². The Labute approximate surface area is 104 Å². The van der Waals surface area contributed by atoms with Gasteiger partial charge < -0.3 is 4.52 Å². The Hall–Kier alpha value is -0.0600. The third-order valence-corrected chi connectivity index (χ3v) is 3.58. The molecule has 5 heteroatoms. The van der Waals surface area contributed by atoms with Crippen LogP contribution in [0.3, 0.4) is 0 Å². The quantitative estimate of drug-likeness (QED) is 0.343. The number of benzene rings is 1. The summed E-state index contributed by atoms with van der Waals surface area (Å²) in [4.78, 5) is 0. The number of halogens is 1. The zero-order valence-electron chi connectivity index (χ0n) is 8.56. The summed E-state index contributed by atoms with van der Waals surface area (Å²) in [5, 5.41) is 0. The first kappa shape index (κ1) is 13.0. The molecule has 0 aliphatic carbocycles. The smallest absolute Gasteiger partial charge is 0.376 e. The Kier molecular flexibility index (Phi) is 5.64. The molecule has 84 valence electrons. The fraction of sp³-hybridized carbons (Fsp3) is 0.400. The molecule has 0 radical (unpaired) electrons. The molecule has 0 spiro atoms. The molecule has 0 saturated heterocycles. The predicted molar refractivity (Wildman–Crippen MR) is 70.1 cm³/mol. The molecule has 3 nitrogen and oxygen atoms in total. The van der Waals surface area contributed by atoms with E-state index in [1.165, 1.54) is 6.66 Å². The second kappa shape index (κ2) is 6.51. The van der Waals surface area contributed by atoms with Gasteiger partial charge in [0.2, 0.25) is 0 Å². The van der Waals surface area contributed by atoms with E-state index in [4.69, 9.17) is 9.05 Å². The molecule has 0 bridgehead atoms. The average molecular weight is 340 g/mol. The minimum atomic E-state index is -2.95. The minimum absolute atomic E-state index is 0.476. The van der Waals surface area contributed by atoms with Crippen LogP contribution in [0.4, 0.5) is 0 Å². The lowest BCUT2D eigenvalue weighted by Gasteiger charge is -2.14. The summed E-state index contributed by atoms with van der Waals surface area (Å²) in [6.45, 7) is 1.97. The van der Waals surface area contributed by atoms with Crippen molar-refractivity contribution in [3.63, 3.8) is 0 Å². The van der Waals surface area contributed by atoms with Crippen molar-refractivity contribution in [2.45, 2.75) is 6.42 Å². The third-order valence-electron chi connectivity index (χ3n) is 1.62. The molecule has 0 N–H and O–H groups in total. The van der Waals surface area contributed by atoms with E-state index >= 15 is 0 Å². The van der Waals surface area contributed by atoms with Crippen LogP contribution in [-0.4, -0.2) is 17.7 Å². The van der Waals surface area contributed by atoms with Crippen LogP contribution in [0, 0.1) is 0 Å². The van der Waals surface area contributed by atoms with Crippen molar-refractivity contribution in [2.75, 3.05) is 17.7 Å². The van der Waals surface area contributed by atoms with E-state index in [1.807, 2.05) is 18.2 Å². The number of rotatable bonds is 6. The molecule has 0 heterocycles. The van der Waals surface area contributed by atoms with E-state index in [2.05, 4.69) is 22.6 Å². The fourth-order valence-electron chi connectivity index (χ4n) is 0.984. The summed E-state index contributed by atoms with van der Waals surface area (Å²) in [6, 6.07) is 9.07. The van der Waals surface area contributed by atoms with E-state index in [0.717, 1.165) is 10.8 Å². The first-order valence-electron chi connectivity index (χ1n) is 4.67. The van der Waals surface area contributed by atoms with Crippen molar-refractivity contribution in [3.8, 4) is 5.75 Å². The van der Waals surface area contributed by atoms with Crippen molar-refractivity contribution in [1.82, 2.24) is 0 Å². The second-order valence-electron chi connectivity index (χ2n) is 3.05. The van der Waals surface area contributed by atoms with Crippen molar-refractivity contribution in [3.05, 3.63) is 30.3 Å². The van der Waals surface area contributed by atoms with Crippen LogP contribution in [0.15, 0.2) is 30.3 Å². The molecule has 15 heavy (non-hydrogen) atoms. The lowest BCUT2D eigenvalue weighted by molar-refractivity contribution is 0.271. The van der Waals surface area contributed by atoms with Gasteiger partial charge in [-0.05, 0) is 18.6 Å². The highest BCUT2D eigenvalue weighted by Crippen LogP contribution is 2.44. The molecule has 1 aromatic carbocycles. The molecular weight excluding hydrogens is 326 g/mol. The van der Waals surface area contributed by atoms with Crippen LogP contribution in [0.5, 0.6) is 5.75 Å². The standard InChI is InChI=1S/C10H14IO3P/c1-15(12,13-9-5-8-11)14-10-6-3-2-4-7-10/h2-4,6-7H,5,8-9H2,1H3. The largest absolute Gasteiger partial charge is 0.425 e. The summed E-state index contributed by atoms with van der Waals surface area (Å²) in [5.74, 6) is 0.581. The molecule has 1 aromatic rings. The SMILES string of the molecule is CP(=O)(OCCCI)Oc1ccccc1. The first-order chi connectivity index (χ1) is 7.14. The summed E-state index contributed by atoms with van der Waals surface area (Å²) in [5.41, 5.74) is 0. The Balaban J connectivity index is 2.46. The molecule has 1 atom stereocenters. The number of alkyl halides is 1. The molecule has 0 fully saturated rings. The highest BCUT2D eigenvalue weighted by Gasteiger charge is 2.17. The normalized spacial score (nSPS) is 14.5. The first-order valence-corrected chi connectivity index (χ1v) is 8.18. The fourth-order valence-corrected chi connectivity index (χ4v) is 2.31. The van der Waals surface area contributed by atoms with Crippen molar-refractivity contribution in [1.29, 1.82) is 0 Å². The Morgan fingerprint density at radius 1 is 1.33 bits per heavy atom. The van der Waals surface area contributed by atoms with Gasteiger partial charge in [-0.1, -0.05) is 40.8 Å². The van der Waals surface area contributed by atoms with Gasteiger partial charge in [0.1, 0.15) is 5.75 Å². The average Bonchev–Trinajstić information content (AvgIpc) is 2.18. The highest BCUT2D eigenvalue weighted by molar-refractivity contribution is 14.1. The van der Waals surface area contributed by atoms with Crippen LogP contribution in [0.2, 0.25) is 0 Å². The van der Waals surface area contributed by atoms with E-state index in [-0.39, 0.29) is 0 Å². The topological polar surface area (TPSA) is 35.5 Å². The van der Waals surface area contributed by atoms with Crippen LogP contribution >= 0.6 is 30.2 Å². The Bertz CT molecular complexity index is 329. The maximum atomic E-state index is 11.8. The van der Waals surface area contributed by atoms with E-state index < -0.39 is 7.60 Å². The number of hydrogen-bond acceptors (Lipinski definition) is 3. The summed E-state index contributed by atoms with van der Waals surface area (Å²) in [6.07, 6.45) is 0.885. The van der Waals surface area contributed by atoms with Gasteiger partial charge in [-0.15, -0.1) is 0 Å². The number of hydrogen-bond donors (Lipinski definition) is 0. The van der Waals surface area contributed by atoms with Gasteiger partial charge in [-0.2, -0.15) is 0 Å². The summed E-state index contributed by atoms with van der Waals surface area (Å²) >= 11 is 2.25. The molecule has 1 rings (SSSR count). The molecule has 0 aliphatic rings. The predicted octanol–water partition coefficient (Wildman–Crippen LogP) is 3.73. The Morgan fingerprint density at radius 2 is 2.00 bits per heavy atom. The lowest BCUT2D eigenvalue weighted by Crippen LogP contribution is -1.98. The van der Waals surface area contributed by atoms with Gasteiger partial charge in [0, 0.05) is 11.1 Å². The van der Waals surface area contributed by atoms with Crippen molar-refractivity contribution < 1.29 is 13.6 Å². The van der Waals surface area contributed by atoms with Crippen LogP contribution in [-0.2, 0) is 9.09 Å². The molecule has 0 saturated carbocycles. The summed E-state index contributed by atoms with van der Waals surface area (Å²) < 4.78 is 23.3. The van der Waals surface area contributed by atoms with Gasteiger partial charge in [-0.3, -0.25) is 4.52 Å². The molecule has 0 aromatic heterocycles. The van der Waals surface area contributed by atoms with E-state index in [1.54, 1.807) is 12.1 Å². The zero-order valence-corrected chi connectivity index (χ0v) is 11.6. The molecular formula is C10H14IO3P. The van der Waals surface area contributed by atoms with Gasteiger partial charge in [-0.25, -0.2) is 4.57 Å². The lowest BCUT2D eigenvalue weighted by atomic mass is 10.3. The minimum Gasteiger partial charge on any atom is -0.425 e. The maximum Gasteiger partial charge on any atom is 0.376 e. The van der Waals surface area contributed by atoms with Gasteiger partial charge in [0.05, 0.1) is 6.61 Å². The molecule has 1 unspecified atom stereocenters. The number of para-hydroxylation sites is 1. The second-order valence-corrected chi connectivity index (χ2v) is 6.11. The van der Waals surface area contributed by atoms with Crippen LogP contribution < -0.4 is 4.52 Å². The molecule has 0 aliphatic heterocycles. The maximum absolute atomic E-state index is 11.8. The van der Waals surface area contributed by atoms with Crippen LogP contribution in [0.25, 0.3) is 0 Å². The van der Waals surface area contributed by atoms with Gasteiger partial charge in [0.15, 0.2) is 0 Å². The molecule has 0 amide bonds.